The third kappa shape index (κ3) is 7.21. The number of hydrogen-bond acceptors (Lipinski definition) is 6. The van der Waals surface area contributed by atoms with E-state index in [4.69, 9.17) is 0 Å². The van der Waals surface area contributed by atoms with Gasteiger partial charge in [-0.2, -0.15) is 0 Å². The van der Waals surface area contributed by atoms with Gasteiger partial charge in [0, 0.05) is 82.4 Å². The second kappa shape index (κ2) is 13.2. The Morgan fingerprint density at radius 3 is 2.53 bits per heavy atom. The third-order valence-corrected chi connectivity index (χ3v) is 7.19. The SMILES string of the molecule is CN=C(NCCN1CCN(c2ncccn2)CC1)N1CCC(CSc2ccccc2)C1.I. The second-order valence-corrected chi connectivity index (χ2v) is 9.17. The molecule has 1 unspecified atom stereocenters. The minimum absolute atomic E-state index is 0. The van der Waals surface area contributed by atoms with Gasteiger partial charge in [-0.05, 0) is 30.5 Å². The average molecular weight is 568 g/mol. The van der Waals surface area contributed by atoms with Crippen molar-refractivity contribution in [2.24, 2.45) is 10.9 Å². The first-order valence-electron chi connectivity index (χ1n) is 11.2. The van der Waals surface area contributed by atoms with Crippen LogP contribution in [0.1, 0.15) is 6.42 Å². The maximum atomic E-state index is 4.54. The van der Waals surface area contributed by atoms with Crippen LogP contribution in [-0.4, -0.2) is 90.9 Å². The van der Waals surface area contributed by atoms with Crippen molar-refractivity contribution < 1.29 is 0 Å². The molecule has 32 heavy (non-hydrogen) atoms. The van der Waals surface area contributed by atoms with E-state index in [0.29, 0.717) is 0 Å². The molecular formula is C23H34IN7S. The van der Waals surface area contributed by atoms with Gasteiger partial charge in [0.1, 0.15) is 0 Å². The lowest BCUT2D eigenvalue weighted by atomic mass is 10.2. The van der Waals surface area contributed by atoms with Gasteiger partial charge in [-0.25, -0.2) is 9.97 Å². The van der Waals surface area contributed by atoms with Crippen molar-refractivity contribution in [3.63, 3.8) is 0 Å². The Morgan fingerprint density at radius 2 is 1.81 bits per heavy atom. The number of aliphatic imine (C=N–C) groups is 1. The minimum atomic E-state index is 0. The van der Waals surface area contributed by atoms with E-state index in [1.165, 1.54) is 17.1 Å². The van der Waals surface area contributed by atoms with Crippen LogP contribution in [-0.2, 0) is 0 Å². The van der Waals surface area contributed by atoms with E-state index < -0.39 is 0 Å². The standard InChI is InChI=1S/C23H33N7S.HI/c1-24-22(30-12-8-20(18-30)19-31-21-6-3-2-4-7-21)27-11-13-28-14-16-29(17-15-28)23-25-9-5-10-26-23;/h2-7,9-10,20H,8,11-19H2,1H3,(H,24,27);1H. The highest BCUT2D eigenvalue weighted by atomic mass is 127. The van der Waals surface area contributed by atoms with Crippen LogP contribution in [0.25, 0.3) is 0 Å². The summed E-state index contributed by atoms with van der Waals surface area (Å²) >= 11 is 1.97. The summed E-state index contributed by atoms with van der Waals surface area (Å²) in [5, 5.41) is 3.59. The van der Waals surface area contributed by atoms with Crippen LogP contribution in [0.2, 0.25) is 0 Å². The predicted molar refractivity (Wildman–Crippen MR) is 144 cm³/mol. The third-order valence-electron chi connectivity index (χ3n) is 5.94. The largest absolute Gasteiger partial charge is 0.355 e. The minimum Gasteiger partial charge on any atom is -0.355 e. The number of piperazine rings is 1. The van der Waals surface area contributed by atoms with Crippen LogP contribution in [0.3, 0.4) is 0 Å². The molecule has 174 valence electrons. The van der Waals surface area contributed by atoms with Crippen molar-refractivity contribution in [1.82, 2.24) is 25.1 Å². The monoisotopic (exact) mass is 567 g/mol. The normalized spacial score (nSPS) is 19.7. The molecule has 3 heterocycles. The van der Waals surface area contributed by atoms with Crippen molar-refractivity contribution in [3.8, 4) is 0 Å². The number of hydrogen-bond donors (Lipinski definition) is 1. The predicted octanol–water partition coefficient (Wildman–Crippen LogP) is 2.91. The smallest absolute Gasteiger partial charge is 0.225 e. The first-order valence-corrected chi connectivity index (χ1v) is 12.2. The molecule has 2 saturated heterocycles. The second-order valence-electron chi connectivity index (χ2n) is 8.08. The average Bonchev–Trinajstić information content (AvgIpc) is 3.31. The van der Waals surface area contributed by atoms with Crippen LogP contribution in [0, 0.1) is 5.92 Å². The molecule has 1 atom stereocenters. The van der Waals surface area contributed by atoms with Crippen molar-refractivity contribution in [2.45, 2.75) is 11.3 Å². The fraction of sp³-hybridized carbons (Fsp3) is 0.522. The molecule has 0 bridgehead atoms. The summed E-state index contributed by atoms with van der Waals surface area (Å²) in [6.45, 7) is 8.18. The number of likely N-dealkylation sites (tertiary alicyclic amines) is 1. The molecule has 9 heteroatoms. The lowest BCUT2D eigenvalue weighted by Gasteiger charge is -2.34. The number of aromatic nitrogens is 2. The summed E-state index contributed by atoms with van der Waals surface area (Å²) < 4.78 is 0. The van der Waals surface area contributed by atoms with Crippen molar-refractivity contribution in [2.75, 3.05) is 70.1 Å². The number of nitrogens with zero attached hydrogens (tertiary/aromatic N) is 6. The summed E-state index contributed by atoms with van der Waals surface area (Å²) in [5.74, 6) is 3.78. The van der Waals surface area contributed by atoms with E-state index in [2.05, 4.69) is 65.3 Å². The van der Waals surface area contributed by atoms with Gasteiger partial charge < -0.3 is 15.1 Å². The molecular weight excluding hydrogens is 533 g/mol. The molecule has 1 aromatic heterocycles. The van der Waals surface area contributed by atoms with Crippen LogP contribution in [0.5, 0.6) is 0 Å². The summed E-state index contributed by atoms with van der Waals surface area (Å²) in [5.41, 5.74) is 0. The molecule has 0 spiro atoms. The van der Waals surface area contributed by atoms with E-state index in [1.54, 1.807) is 0 Å². The van der Waals surface area contributed by atoms with Crippen LogP contribution < -0.4 is 10.2 Å². The van der Waals surface area contributed by atoms with E-state index >= 15 is 0 Å². The molecule has 7 nitrogen and oxygen atoms in total. The van der Waals surface area contributed by atoms with Crippen molar-refractivity contribution in [1.29, 1.82) is 0 Å². The fourth-order valence-corrected chi connectivity index (χ4v) is 5.23. The quantitative estimate of drug-likeness (QED) is 0.239. The number of anilines is 1. The highest BCUT2D eigenvalue weighted by molar-refractivity contribution is 14.0. The molecule has 2 aliphatic rings. The van der Waals surface area contributed by atoms with Gasteiger partial charge in [0.15, 0.2) is 5.96 Å². The van der Waals surface area contributed by atoms with Gasteiger partial charge in [0.05, 0.1) is 0 Å². The van der Waals surface area contributed by atoms with Gasteiger partial charge in [-0.1, -0.05) is 18.2 Å². The summed E-state index contributed by atoms with van der Waals surface area (Å²) in [6, 6.07) is 12.6. The van der Waals surface area contributed by atoms with Gasteiger partial charge in [0.2, 0.25) is 5.95 Å². The zero-order valence-electron chi connectivity index (χ0n) is 18.8. The van der Waals surface area contributed by atoms with E-state index in [0.717, 1.165) is 70.2 Å². The van der Waals surface area contributed by atoms with E-state index in [9.17, 15) is 0 Å². The van der Waals surface area contributed by atoms with Crippen LogP contribution in [0.4, 0.5) is 5.95 Å². The summed E-state index contributed by atoms with van der Waals surface area (Å²) in [4.78, 5) is 21.8. The lowest BCUT2D eigenvalue weighted by molar-refractivity contribution is 0.259. The van der Waals surface area contributed by atoms with Crippen LogP contribution in [0.15, 0.2) is 58.7 Å². The first kappa shape index (κ1) is 25.0. The highest BCUT2D eigenvalue weighted by Crippen LogP contribution is 2.25. The Hall–Kier alpha value is -1.59. The van der Waals surface area contributed by atoms with Gasteiger partial charge in [-0.15, -0.1) is 35.7 Å². The molecule has 0 aliphatic carbocycles. The Labute approximate surface area is 213 Å². The number of rotatable bonds is 7. The number of halogens is 1. The Bertz CT molecular complexity index is 816. The maximum absolute atomic E-state index is 4.54. The first-order chi connectivity index (χ1) is 15.3. The zero-order valence-corrected chi connectivity index (χ0v) is 21.9. The molecule has 0 radical (unpaired) electrons. The molecule has 4 rings (SSSR count). The van der Waals surface area contributed by atoms with Gasteiger partial charge >= 0.3 is 0 Å². The van der Waals surface area contributed by atoms with E-state index in [1.807, 2.05) is 37.3 Å². The Balaban J connectivity index is 0.00000289. The molecule has 1 N–H and O–H groups in total. The Kier molecular flexibility index (Phi) is 10.3. The molecule has 2 fully saturated rings. The number of thioether (sulfide) groups is 1. The van der Waals surface area contributed by atoms with Gasteiger partial charge in [0.25, 0.3) is 0 Å². The van der Waals surface area contributed by atoms with Gasteiger partial charge in [-0.3, -0.25) is 9.89 Å². The molecule has 0 saturated carbocycles. The summed E-state index contributed by atoms with van der Waals surface area (Å²) in [6.07, 6.45) is 4.87. The Morgan fingerprint density at radius 1 is 1.06 bits per heavy atom. The number of benzene rings is 1. The number of nitrogens with one attached hydrogen (secondary N) is 1. The fourth-order valence-electron chi connectivity index (χ4n) is 4.18. The van der Waals surface area contributed by atoms with Crippen LogP contribution >= 0.6 is 35.7 Å². The molecule has 1 aromatic carbocycles. The zero-order chi connectivity index (χ0) is 21.3. The van der Waals surface area contributed by atoms with E-state index in [-0.39, 0.29) is 24.0 Å². The molecule has 0 amide bonds. The van der Waals surface area contributed by atoms with Crippen molar-refractivity contribution in [3.05, 3.63) is 48.8 Å². The van der Waals surface area contributed by atoms with Crippen molar-refractivity contribution >= 4 is 47.6 Å². The maximum Gasteiger partial charge on any atom is 0.225 e. The lowest BCUT2D eigenvalue weighted by Crippen LogP contribution is -2.50. The number of guanidine groups is 1. The molecule has 2 aliphatic heterocycles. The highest BCUT2D eigenvalue weighted by Gasteiger charge is 2.25. The summed E-state index contributed by atoms with van der Waals surface area (Å²) in [7, 11) is 1.90. The topological polar surface area (TPSA) is 59.9 Å². The molecule has 2 aromatic rings.